The molecule has 0 radical (unpaired) electrons. The number of hydrogen-bond acceptors (Lipinski definition) is 1. The van der Waals surface area contributed by atoms with Crippen LogP contribution in [0.15, 0.2) is 24.3 Å². The van der Waals surface area contributed by atoms with Crippen LogP contribution in [-0.2, 0) is 16.3 Å². The van der Waals surface area contributed by atoms with Crippen molar-refractivity contribution in [3.8, 4) is 5.75 Å². The third-order valence-corrected chi connectivity index (χ3v) is 1.15. The van der Waals surface area contributed by atoms with E-state index < -0.39 is 0 Å². The van der Waals surface area contributed by atoms with Crippen LogP contribution in [0.5, 0.6) is 5.75 Å². The third-order valence-electron chi connectivity index (χ3n) is 1.15. The van der Waals surface area contributed by atoms with E-state index in [0.29, 0.717) is 0 Å². The molecule has 0 saturated carbocycles. The fourth-order valence-corrected chi connectivity index (χ4v) is 0.687. The monoisotopic (exact) mass is 278 g/mol. The number of hydrogen-bond donors (Lipinski definition) is 0. The van der Waals surface area contributed by atoms with Crippen molar-refractivity contribution in [1.29, 1.82) is 0 Å². The van der Waals surface area contributed by atoms with Crippen LogP contribution in [0.3, 0.4) is 0 Å². The number of ether oxygens (including phenoxy) is 1. The Kier molecular flexibility index (Phi) is 9.31. The third kappa shape index (κ3) is 5.73. The molecule has 1 rings (SSSR count). The van der Waals surface area contributed by atoms with Gasteiger partial charge in [-0.25, -0.2) is 0 Å². The van der Waals surface area contributed by atoms with Crippen LogP contribution in [0.4, 0.5) is 0 Å². The van der Waals surface area contributed by atoms with Crippen LogP contribution >= 0.6 is 13.6 Å². The normalized spacial score (nSPS) is 8.33. The van der Waals surface area contributed by atoms with Gasteiger partial charge in [0, 0.05) is 5.75 Å². The molecule has 1 nitrogen and oxygen atoms in total. The van der Waals surface area contributed by atoms with Gasteiger partial charge in [0.1, 0.15) is 0 Å². The molecule has 3 heteroatoms. The topological polar surface area (TPSA) is 9.23 Å². The van der Waals surface area contributed by atoms with E-state index in [1.54, 1.807) is 0 Å². The second kappa shape index (κ2) is 9.21. The number of rotatable bonds is 3. The quantitative estimate of drug-likeness (QED) is 0.610. The van der Waals surface area contributed by atoms with Crippen LogP contribution in [0, 0.1) is 6.07 Å². The molecular weight excluding hydrogens is 269 g/mol. The van der Waals surface area contributed by atoms with Gasteiger partial charge in [-0.15, -0.1) is 12.1 Å². The molecule has 1 aromatic carbocycles. The first kappa shape index (κ1) is 12.1. The molecule has 0 aliphatic rings. The van der Waals surface area contributed by atoms with Crippen molar-refractivity contribution in [3.05, 3.63) is 30.3 Å². The molecule has 0 amide bonds. The summed E-state index contributed by atoms with van der Waals surface area (Å²) < 4.78 is 5.32. The molecular formula is C9H11BrOZn. The Hall–Kier alpha value is 0.123. The van der Waals surface area contributed by atoms with Crippen molar-refractivity contribution in [1.82, 2.24) is 0 Å². The predicted molar refractivity (Wildman–Crippen MR) is 50.0 cm³/mol. The number of halogens is 1. The van der Waals surface area contributed by atoms with E-state index in [1.807, 2.05) is 24.3 Å². The van der Waals surface area contributed by atoms with E-state index in [2.05, 4.69) is 26.6 Å². The Morgan fingerprint density at radius 1 is 1.58 bits per heavy atom. The Bertz CT molecular complexity index is 179. The van der Waals surface area contributed by atoms with Gasteiger partial charge in [-0.3, -0.25) is 0 Å². The van der Waals surface area contributed by atoms with Crippen LogP contribution in [0.2, 0.25) is 0 Å². The first-order valence-electron chi connectivity index (χ1n) is 3.79. The van der Waals surface area contributed by atoms with Crippen LogP contribution in [0.25, 0.3) is 0 Å². The molecule has 12 heavy (non-hydrogen) atoms. The van der Waals surface area contributed by atoms with E-state index in [1.165, 1.54) is 16.3 Å². The summed E-state index contributed by atoms with van der Waals surface area (Å²) in [6.07, 6.45) is 1.05. The Morgan fingerprint density at radius 2 is 2.33 bits per heavy atom. The van der Waals surface area contributed by atoms with Gasteiger partial charge in [-0.05, 0) is 6.42 Å². The zero-order chi connectivity index (χ0) is 9.23. The second-order valence-electron chi connectivity index (χ2n) is 2.09. The van der Waals surface area contributed by atoms with Crippen molar-refractivity contribution < 1.29 is 21.1 Å². The van der Waals surface area contributed by atoms with Gasteiger partial charge in [0.15, 0.2) is 0 Å². The molecule has 0 atom stereocenters. The van der Waals surface area contributed by atoms with Gasteiger partial charge in [0.05, 0.1) is 6.61 Å². The van der Waals surface area contributed by atoms with Crippen molar-refractivity contribution in [3.63, 3.8) is 0 Å². The van der Waals surface area contributed by atoms with Crippen LogP contribution < -0.4 is 4.74 Å². The molecule has 0 aliphatic carbocycles. The van der Waals surface area contributed by atoms with E-state index in [0.717, 1.165) is 18.8 Å². The van der Waals surface area contributed by atoms with Gasteiger partial charge < -0.3 is 4.74 Å². The summed E-state index contributed by atoms with van der Waals surface area (Å²) in [6, 6.07) is 10.5. The summed E-state index contributed by atoms with van der Waals surface area (Å²) in [4.78, 5) is 0. The first-order chi connectivity index (χ1) is 5.93. The molecule has 0 spiro atoms. The fraction of sp³-hybridized carbons (Fsp3) is 0.333. The van der Waals surface area contributed by atoms with Crippen LogP contribution in [0.1, 0.15) is 13.3 Å². The minimum absolute atomic E-state index is 0.790. The Morgan fingerprint density at radius 3 is 2.83 bits per heavy atom. The van der Waals surface area contributed by atoms with Crippen molar-refractivity contribution in [2.24, 2.45) is 0 Å². The zero-order valence-corrected chi connectivity index (χ0v) is 11.8. The Balaban J connectivity index is 0.000000561. The van der Waals surface area contributed by atoms with Crippen molar-refractivity contribution >= 4 is 13.6 Å². The SMILES string of the molecule is CCCOc1c[c-]ccc1.[Zn+][Br]. The second-order valence-corrected chi connectivity index (χ2v) is 2.09. The van der Waals surface area contributed by atoms with Gasteiger partial charge in [-0.2, -0.15) is 18.2 Å². The molecule has 0 aromatic heterocycles. The first-order valence-corrected chi connectivity index (χ1v) is 10.7. The van der Waals surface area contributed by atoms with Gasteiger partial charge >= 0.3 is 30.0 Å². The molecule has 0 aliphatic heterocycles. The molecule has 0 saturated heterocycles. The summed E-state index contributed by atoms with van der Waals surface area (Å²) in [5.74, 6) is 0.907. The van der Waals surface area contributed by atoms with E-state index in [-0.39, 0.29) is 0 Å². The number of benzene rings is 1. The van der Waals surface area contributed by atoms with Crippen molar-refractivity contribution in [2.75, 3.05) is 6.61 Å². The summed E-state index contributed by atoms with van der Waals surface area (Å²) in [5, 5.41) is 0. The summed E-state index contributed by atoms with van der Waals surface area (Å²) >= 11 is 4.25. The molecule has 0 N–H and O–H groups in total. The van der Waals surface area contributed by atoms with Crippen molar-refractivity contribution in [2.45, 2.75) is 13.3 Å². The average molecular weight is 280 g/mol. The average Bonchev–Trinajstić information content (AvgIpc) is 2.19. The molecule has 1 aromatic rings. The van der Waals surface area contributed by atoms with Gasteiger partial charge in [0.25, 0.3) is 0 Å². The standard InChI is InChI=1S/C9H11O.BrH.Zn/c1-2-8-10-9-6-4-3-5-7-9;;/h3-4,6-7H,2,8H2,1H3;1H;/q-1;;+2/p-1. The van der Waals surface area contributed by atoms with Gasteiger partial charge in [0.2, 0.25) is 0 Å². The molecule has 62 valence electrons. The van der Waals surface area contributed by atoms with E-state index in [9.17, 15) is 0 Å². The maximum absolute atomic E-state index is 5.32. The summed E-state index contributed by atoms with van der Waals surface area (Å²) in [7, 11) is 0. The predicted octanol–water partition coefficient (Wildman–Crippen LogP) is 3.12. The zero-order valence-electron chi connectivity index (χ0n) is 7.22. The summed E-state index contributed by atoms with van der Waals surface area (Å²) in [5.41, 5.74) is 0. The molecule has 0 unspecified atom stereocenters. The van der Waals surface area contributed by atoms with E-state index in [4.69, 9.17) is 4.74 Å². The molecule has 0 fully saturated rings. The minimum atomic E-state index is 0.790. The molecule has 0 bridgehead atoms. The maximum atomic E-state index is 5.32. The Labute approximate surface area is 90.5 Å². The fourth-order valence-electron chi connectivity index (χ4n) is 0.687. The summed E-state index contributed by atoms with van der Waals surface area (Å²) in [6.45, 7) is 2.88. The van der Waals surface area contributed by atoms with Crippen LogP contribution in [-0.4, -0.2) is 6.61 Å². The van der Waals surface area contributed by atoms with E-state index >= 15 is 0 Å². The molecule has 0 heterocycles. The van der Waals surface area contributed by atoms with Gasteiger partial charge in [-0.1, -0.05) is 6.92 Å².